The highest BCUT2D eigenvalue weighted by atomic mass is 16.1. The first kappa shape index (κ1) is 8.47. The highest BCUT2D eigenvalue weighted by molar-refractivity contribution is 5.71. The van der Waals surface area contributed by atoms with Crippen LogP contribution in [0.15, 0.2) is 12.2 Å². The Morgan fingerprint density at radius 1 is 1.82 bits per heavy atom. The Kier molecular flexibility index (Phi) is 2.83. The van der Waals surface area contributed by atoms with E-state index in [1.54, 1.807) is 0 Å². The van der Waals surface area contributed by atoms with E-state index in [2.05, 4.69) is 18.5 Å². The number of likely N-dealkylation sites (tertiary alicyclic amines) is 1. The van der Waals surface area contributed by atoms with Crippen molar-refractivity contribution in [2.24, 2.45) is 5.92 Å². The molecule has 0 saturated carbocycles. The lowest BCUT2D eigenvalue weighted by Crippen LogP contribution is -2.14. The largest absolute Gasteiger partial charge is 0.306 e. The van der Waals surface area contributed by atoms with E-state index in [1.165, 1.54) is 6.42 Å². The van der Waals surface area contributed by atoms with Crippen molar-refractivity contribution in [2.45, 2.75) is 12.8 Å². The summed E-state index contributed by atoms with van der Waals surface area (Å²) in [4.78, 5) is 12.6. The van der Waals surface area contributed by atoms with Gasteiger partial charge in [0.2, 0.25) is 0 Å². The Hall–Kier alpha value is -0.630. The minimum atomic E-state index is 0.665. The van der Waals surface area contributed by atoms with Gasteiger partial charge in [0.15, 0.2) is 0 Å². The quantitative estimate of drug-likeness (QED) is 0.447. The molecule has 0 aromatic heterocycles. The van der Waals surface area contributed by atoms with Gasteiger partial charge in [0.05, 0.1) is 0 Å². The van der Waals surface area contributed by atoms with Crippen LogP contribution in [0.2, 0.25) is 0 Å². The predicted octanol–water partition coefficient (Wildman–Crippen LogP) is 1.08. The van der Waals surface area contributed by atoms with Crippen molar-refractivity contribution in [1.29, 1.82) is 0 Å². The van der Waals surface area contributed by atoms with E-state index < -0.39 is 0 Å². The van der Waals surface area contributed by atoms with E-state index in [9.17, 15) is 4.79 Å². The van der Waals surface area contributed by atoms with Gasteiger partial charge >= 0.3 is 0 Å². The number of rotatable bonds is 3. The van der Waals surface area contributed by atoms with E-state index >= 15 is 0 Å². The molecule has 0 aromatic carbocycles. The van der Waals surface area contributed by atoms with Crippen LogP contribution in [0.25, 0.3) is 0 Å². The predicted molar refractivity (Wildman–Crippen MR) is 45.4 cm³/mol. The first-order chi connectivity index (χ1) is 5.22. The number of aldehydes is 1. The van der Waals surface area contributed by atoms with Gasteiger partial charge in [0.25, 0.3) is 0 Å². The topological polar surface area (TPSA) is 20.3 Å². The average molecular weight is 153 g/mol. The van der Waals surface area contributed by atoms with Gasteiger partial charge in [-0.05, 0) is 37.9 Å². The molecule has 1 unspecified atom stereocenters. The van der Waals surface area contributed by atoms with Crippen molar-refractivity contribution < 1.29 is 4.79 Å². The molecule has 1 atom stereocenters. The zero-order chi connectivity index (χ0) is 8.27. The third-order valence-corrected chi connectivity index (χ3v) is 2.21. The molecule has 0 N–H and O–H groups in total. The van der Waals surface area contributed by atoms with Gasteiger partial charge in [0.1, 0.15) is 6.29 Å². The van der Waals surface area contributed by atoms with Gasteiger partial charge in [-0.3, -0.25) is 4.79 Å². The first-order valence-electron chi connectivity index (χ1n) is 4.04. The van der Waals surface area contributed by atoms with Crippen molar-refractivity contribution in [3.8, 4) is 0 Å². The number of hydrogen-bond donors (Lipinski definition) is 0. The first-order valence-corrected chi connectivity index (χ1v) is 4.04. The van der Waals surface area contributed by atoms with E-state index in [0.717, 1.165) is 31.4 Å². The molecule has 1 rings (SSSR count). The summed E-state index contributed by atoms with van der Waals surface area (Å²) in [5.41, 5.74) is 0.741. The maximum absolute atomic E-state index is 10.3. The molecule has 0 amide bonds. The Bertz CT molecular complexity index is 165. The molecule has 62 valence electrons. The number of allylic oxidation sites excluding steroid dienone is 1. The molecule has 0 radical (unpaired) electrons. The van der Waals surface area contributed by atoms with Crippen LogP contribution in [-0.2, 0) is 4.79 Å². The van der Waals surface area contributed by atoms with E-state index in [-0.39, 0.29) is 0 Å². The standard InChI is InChI=1S/C9H15NO/c1-8(7-11)5-9-3-4-10(2)6-9/h7,9H,1,3-6H2,2H3. The second kappa shape index (κ2) is 3.67. The molecule has 2 nitrogen and oxygen atoms in total. The van der Waals surface area contributed by atoms with Gasteiger partial charge in [-0.15, -0.1) is 0 Å². The summed E-state index contributed by atoms with van der Waals surface area (Å²) >= 11 is 0. The second-order valence-electron chi connectivity index (χ2n) is 3.40. The van der Waals surface area contributed by atoms with Gasteiger partial charge in [0, 0.05) is 6.54 Å². The van der Waals surface area contributed by atoms with Crippen LogP contribution in [0, 0.1) is 5.92 Å². The van der Waals surface area contributed by atoms with Gasteiger partial charge in [-0.1, -0.05) is 6.58 Å². The number of carbonyl (C=O) groups excluding carboxylic acids is 1. The SMILES string of the molecule is C=C(C=O)CC1CCN(C)C1. The zero-order valence-corrected chi connectivity index (χ0v) is 7.05. The fraction of sp³-hybridized carbons (Fsp3) is 0.667. The monoisotopic (exact) mass is 153 g/mol. The highest BCUT2D eigenvalue weighted by Gasteiger charge is 2.19. The van der Waals surface area contributed by atoms with Crippen LogP contribution in [0.3, 0.4) is 0 Å². The zero-order valence-electron chi connectivity index (χ0n) is 7.05. The van der Waals surface area contributed by atoms with Crippen LogP contribution < -0.4 is 0 Å². The number of nitrogens with zero attached hydrogens (tertiary/aromatic N) is 1. The van der Waals surface area contributed by atoms with Crippen LogP contribution in [0.5, 0.6) is 0 Å². The van der Waals surface area contributed by atoms with Crippen molar-refractivity contribution in [3.05, 3.63) is 12.2 Å². The molecule has 0 aromatic rings. The summed E-state index contributed by atoms with van der Waals surface area (Å²) in [6.45, 7) is 5.96. The number of hydrogen-bond acceptors (Lipinski definition) is 2. The third-order valence-electron chi connectivity index (χ3n) is 2.21. The molecule has 1 aliphatic rings. The summed E-state index contributed by atoms with van der Waals surface area (Å²) in [6.07, 6.45) is 2.97. The lowest BCUT2D eigenvalue weighted by atomic mass is 10.0. The van der Waals surface area contributed by atoms with Crippen LogP contribution in [0.4, 0.5) is 0 Å². The smallest absolute Gasteiger partial charge is 0.145 e. The third kappa shape index (κ3) is 2.46. The second-order valence-corrected chi connectivity index (χ2v) is 3.40. The van der Waals surface area contributed by atoms with E-state index in [4.69, 9.17) is 0 Å². The molecule has 2 heteroatoms. The summed E-state index contributed by atoms with van der Waals surface area (Å²) in [5, 5.41) is 0. The highest BCUT2D eigenvalue weighted by Crippen LogP contribution is 2.20. The molecule has 0 aliphatic carbocycles. The van der Waals surface area contributed by atoms with Crippen LogP contribution >= 0.6 is 0 Å². The minimum Gasteiger partial charge on any atom is -0.306 e. The van der Waals surface area contributed by atoms with Crippen molar-refractivity contribution >= 4 is 6.29 Å². The fourth-order valence-corrected chi connectivity index (χ4v) is 1.61. The van der Waals surface area contributed by atoms with Gasteiger partial charge < -0.3 is 4.90 Å². The van der Waals surface area contributed by atoms with Gasteiger partial charge in [-0.2, -0.15) is 0 Å². The van der Waals surface area contributed by atoms with Crippen LogP contribution in [-0.4, -0.2) is 31.3 Å². The van der Waals surface area contributed by atoms with Crippen molar-refractivity contribution in [3.63, 3.8) is 0 Å². The summed E-state index contributed by atoms with van der Waals surface area (Å²) < 4.78 is 0. The molecule has 1 saturated heterocycles. The number of carbonyl (C=O) groups is 1. The Morgan fingerprint density at radius 3 is 3.00 bits per heavy atom. The van der Waals surface area contributed by atoms with Gasteiger partial charge in [-0.25, -0.2) is 0 Å². The van der Waals surface area contributed by atoms with Crippen molar-refractivity contribution in [2.75, 3.05) is 20.1 Å². The molecular formula is C9H15NO. The molecule has 0 spiro atoms. The maximum Gasteiger partial charge on any atom is 0.145 e. The fourth-order valence-electron chi connectivity index (χ4n) is 1.61. The molecule has 11 heavy (non-hydrogen) atoms. The molecule has 0 bridgehead atoms. The molecule has 1 fully saturated rings. The maximum atomic E-state index is 10.3. The van der Waals surface area contributed by atoms with Crippen molar-refractivity contribution in [1.82, 2.24) is 4.90 Å². The lowest BCUT2D eigenvalue weighted by molar-refractivity contribution is -0.105. The van der Waals surface area contributed by atoms with E-state index in [0.29, 0.717) is 5.92 Å². The average Bonchev–Trinajstić information content (AvgIpc) is 2.35. The lowest BCUT2D eigenvalue weighted by Gasteiger charge is -2.08. The Labute approximate surface area is 67.9 Å². The Morgan fingerprint density at radius 2 is 2.55 bits per heavy atom. The summed E-state index contributed by atoms with van der Waals surface area (Å²) in [6, 6.07) is 0. The Balaban J connectivity index is 2.28. The molecule has 1 aliphatic heterocycles. The molecule has 1 heterocycles. The minimum absolute atomic E-state index is 0.665. The summed E-state index contributed by atoms with van der Waals surface area (Å²) in [5.74, 6) is 0.665. The summed E-state index contributed by atoms with van der Waals surface area (Å²) in [7, 11) is 2.11. The van der Waals surface area contributed by atoms with Crippen LogP contribution in [0.1, 0.15) is 12.8 Å². The molecular weight excluding hydrogens is 138 g/mol. The van der Waals surface area contributed by atoms with E-state index in [1.807, 2.05) is 0 Å². The normalized spacial score (nSPS) is 25.4.